The first kappa shape index (κ1) is 18.0. The second kappa shape index (κ2) is 7.02. The summed E-state index contributed by atoms with van der Waals surface area (Å²) in [4.78, 5) is 28.0. The van der Waals surface area contributed by atoms with Crippen molar-refractivity contribution in [3.05, 3.63) is 35.5 Å². The molecule has 0 unspecified atom stereocenters. The van der Waals surface area contributed by atoms with Crippen LogP contribution in [0.25, 0.3) is 10.9 Å². The second-order valence-corrected chi connectivity index (χ2v) is 7.21. The molecule has 130 valence electrons. The molecule has 0 atom stereocenters. The lowest BCUT2D eigenvalue weighted by Gasteiger charge is -2.16. The van der Waals surface area contributed by atoms with E-state index in [0.29, 0.717) is 5.69 Å². The number of fused-ring (bicyclic) bond motifs is 1. The van der Waals surface area contributed by atoms with Crippen LogP contribution in [-0.2, 0) is 14.8 Å². The number of nitrogens with one attached hydrogen (secondary N) is 2. The van der Waals surface area contributed by atoms with E-state index in [4.69, 9.17) is 5.14 Å². The zero-order valence-corrected chi connectivity index (χ0v) is 14.3. The summed E-state index contributed by atoms with van der Waals surface area (Å²) >= 11 is 0. The van der Waals surface area contributed by atoms with Crippen molar-refractivity contribution in [2.24, 2.45) is 5.14 Å². The van der Waals surface area contributed by atoms with Crippen molar-refractivity contribution in [2.45, 2.75) is 6.92 Å². The number of amides is 2. The highest BCUT2D eigenvalue weighted by Crippen LogP contribution is 2.18. The third-order valence-electron chi connectivity index (χ3n) is 3.59. The summed E-state index contributed by atoms with van der Waals surface area (Å²) < 4.78 is 21.8. The van der Waals surface area contributed by atoms with Crippen LogP contribution < -0.4 is 10.5 Å². The van der Waals surface area contributed by atoms with Gasteiger partial charge in [0, 0.05) is 31.0 Å². The van der Waals surface area contributed by atoms with Crippen LogP contribution in [0, 0.1) is 6.92 Å². The Morgan fingerprint density at radius 2 is 2.04 bits per heavy atom. The fourth-order valence-electron chi connectivity index (χ4n) is 2.27. The van der Waals surface area contributed by atoms with Crippen LogP contribution in [0.1, 0.15) is 16.1 Å². The van der Waals surface area contributed by atoms with E-state index in [1.54, 1.807) is 6.07 Å². The summed E-state index contributed by atoms with van der Waals surface area (Å²) in [7, 11) is -2.40. The predicted octanol–water partition coefficient (Wildman–Crippen LogP) is -0.0470. The number of carbonyl (C=O) groups is 2. The molecule has 2 rings (SSSR count). The molecule has 0 aliphatic rings. The van der Waals surface area contributed by atoms with Crippen LogP contribution in [0.15, 0.2) is 24.3 Å². The van der Waals surface area contributed by atoms with E-state index >= 15 is 0 Å². The minimum atomic E-state index is -3.86. The van der Waals surface area contributed by atoms with Gasteiger partial charge in [0.05, 0.1) is 0 Å². The van der Waals surface area contributed by atoms with E-state index in [2.05, 4.69) is 10.3 Å². The number of hydrogen-bond acceptors (Lipinski definition) is 4. The number of nitrogens with zero attached hydrogens (tertiary/aromatic N) is 1. The summed E-state index contributed by atoms with van der Waals surface area (Å²) in [5, 5.41) is 8.46. The summed E-state index contributed by atoms with van der Waals surface area (Å²) in [6.07, 6.45) is 0. The first-order valence-electron chi connectivity index (χ1n) is 7.28. The van der Waals surface area contributed by atoms with Gasteiger partial charge in [-0.2, -0.15) is 0 Å². The molecule has 0 radical (unpaired) electrons. The Hall–Kier alpha value is -2.39. The van der Waals surface area contributed by atoms with E-state index in [1.165, 1.54) is 11.9 Å². The third-order valence-corrected chi connectivity index (χ3v) is 4.24. The van der Waals surface area contributed by atoms with E-state index in [-0.39, 0.29) is 19.0 Å². The second-order valence-electron chi connectivity index (χ2n) is 5.60. The van der Waals surface area contributed by atoms with Crippen molar-refractivity contribution in [3.63, 3.8) is 0 Å². The normalized spacial score (nSPS) is 11.5. The lowest BCUT2D eigenvalue weighted by molar-refractivity contribution is -0.127. The molecule has 0 aliphatic heterocycles. The van der Waals surface area contributed by atoms with Crippen LogP contribution in [-0.4, -0.2) is 56.0 Å². The quantitative estimate of drug-likeness (QED) is 0.674. The van der Waals surface area contributed by atoms with Gasteiger partial charge >= 0.3 is 0 Å². The monoisotopic (exact) mass is 352 g/mol. The topological polar surface area (TPSA) is 125 Å². The highest BCUT2D eigenvalue weighted by atomic mass is 32.2. The first-order valence-corrected chi connectivity index (χ1v) is 9.00. The van der Waals surface area contributed by atoms with Crippen LogP contribution in [0.2, 0.25) is 0 Å². The Morgan fingerprint density at radius 3 is 2.67 bits per heavy atom. The molecular formula is C15H20N4O4S. The zero-order chi connectivity index (χ0) is 17.9. The van der Waals surface area contributed by atoms with E-state index in [1.807, 2.05) is 25.1 Å². The smallest absolute Gasteiger partial charge is 0.267 e. The highest BCUT2D eigenvalue weighted by Gasteiger charge is 2.16. The minimum absolute atomic E-state index is 0.180. The molecule has 0 spiro atoms. The number of aromatic nitrogens is 1. The predicted molar refractivity (Wildman–Crippen MR) is 91.0 cm³/mol. The number of carbonyl (C=O) groups excluding carboxylic acids is 2. The molecule has 0 saturated heterocycles. The number of likely N-dealkylation sites (N-methyl/N-ethyl adjacent to an activating group) is 1. The number of primary sulfonamides is 1. The molecule has 0 aliphatic carbocycles. The van der Waals surface area contributed by atoms with Crippen molar-refractivity contribution in [2.75, 3.05) is 25.9 Å². The van der Waals surface area contributed by atoms with Crippen LogP contribution in [0.5, 0.6) is 0 Å². The molecule has 0 bridgehead atoms. The number of benzene rings is 1. The summed E-state index contributed by atoms with van der Waals surface area (Å²) in [5.41, 5.74) is 2.38. The Bertz CT molecular complexity index is 873. The fraction of sp³-hybridized carbons (Fsp3) is 0.333. The Kier molecular flexibility index (Phi) is 5.25. The molecule has 1 aromatic heterocycles. The van der Waals surface area contributed by atoms with Gasteiger partial charge in [0.1, 0.15) is 11.4 Å². The van der Waals surface area contributed by atoms with E-state index in [9.17, 15) is 18.0 Å². The maximum atomic E-state index is 12.1. The first-order chi connectivity index (χ1) is 11.2. The molecule has 8 nitrogen and oxygen atoms in total. The maximum absolute atomic E-state index is 12.1. The lowest BCUT2D eigenvalue weighted by atomic mass is 10.2. The number of H-pyrrole nitrogens is 1. The molecule has 9 heteroatoms. The summed E-state index contributed by atoms with van der Waals surface area (Å²) in [5.74, 6) is -1.66. The van der Waals surface area contributed by atoms with Crippen LogP contribution in [0.3, 0.4) is 0 Å². The van der Waals surface area contributed by atoms with Crippen LogP contribution in [0.4, 0.5) is 0 Å². The van der Waals surface area contributed by atoms with Crippen molar-refractivity contribution in [1.82, 2.24) is 15.2 Å². The van der Waals surface area contributed by atoms with E-state index < -0.39 is 21.7 Å². The number of para-hydroxylation sites is 1. The van der Waals surface area contributed by atoms with Gasteiger partial charge in [-0.15, -0.1) is 0 Å². The molecule has 4 N–H and O–H groups in total. The average molecular weight is 352 g/mol. The highest BCUT2D eigenvalue weighted by molar-refractivity contribution is 7.89. The largest absolute Gasteiger partial charge is 0.350 e. The van der Waals surface area contributed by atoms with Gasteiger partial charge in [-0.3, -0.25) is 9.59 Å². The number of hydrogen-bond donors (Lipinski definition) is 3. The average Bonchev–Trinajstić information content (AvgIpc) is 2.91. The molecule has 24 heavy (non-hydrogen) atoms. The third kappa shape index (κ3) is 4.56. The van der Waals surface area contributed by atoms with Crippen molar-refractivity contribution in [3.8, 4) is 0 Å². The number of nitrogens with two attached hydrogens (primary N) is 1. The van der Waals surface area contributed by atoms with Gasteiger partial charge in [0.2, 0.25) is 15.9 Å². The summed E-state index contributed by atoms with van der Waals surface area (Å²) in [6.45, 7) is 2.33. The minimum Gasteiger partial charge on any atom is -0.350 e. The van der Waals surface area contributed by atoms with Gasteiger partial charge < -0.3 is 15.2 Å². The van der Waals surface area contributed by atoms with Gasteiger partial charge in [0.25, 0.3) is 5.91 Å². The molecule has 2 amide bonds. The molecular weight excluding hydrogens is 332 g/mol. The molecule has 0 saturated carbocycles. The Morgan fingerprint density at radius 1 is 1.33 bits per heavy atom. The number of rotatable bonds is 6. The molecule has 1 aromatic carbocycles. The van der Waals surface area contributed by atoms with Gasteiger partial charge in [0.15, 0.2) is 0 Å². The van der Waals surface area contributed by atoms with Crippen LogP contribution >= 0.6 is 0 Å². The summed E-state index contributed by atoms with van der Waals surface area (Å²) in [6, 6.07) is 7.54. The van der Waals surface area contributed by atoms with Crippen molar-refractivity contribution >= 4 is 32.7 Å². The number of aryl methyl sites for hydroxylation is 1. The van der Waals surface area contributed by atoms with Crippen molar-refractivity contribution in [1.29, 1.82) is 0 Å². The van der Waals surface area contributed by atoms with Crippen molar-refractivity contribution < 1.29 is 18.0 Å². The molecule has 2 aromatic rings. The Labute approximate surface area is 140 Å². The van der Waals surface area contributed by atoms with Gasteiger partial charge in [-0.05, 0) is 18.6 Å². The fourth-order valence-corrected chi connectivity index (χ4v) is 2.83. The van der Waals surface area contributed by atoms with Gasteiger partial charge in [-0.25, -0.2) is 13.6 Å². The standard InChI is InChI=1S/C15H20N4O4S/c1-10-4-3-5-11-8-12(18-14(10)11)15(21)17-6-7-19(2)13(20)9-24(16,22)23/h3-5,8,18H,6-7,9H2,1-2H3,(H,17,21)(H2,16,22,23). The number of sulfonamides is 1. The lowest BCUT2D eigenvalue weighted by Crippen LogP contribution is -2.39. The molecule has 0 fully saturated rings. The van der Waals surface area contributed by atoms with Gasteiger partial charge in [-0.1, -0.05) is 18.2 Å². The molecule has 1 heterocycles. The zero-order valence-electron chi connectivity index (χ0n) is 13.5. The van der Waals surface area contributed by atoms with E-state index in [0.717, 1.165) is 16.5 Å². The maximum Gasteiger partial charge on any atom is 0.267 e. The Balaban J connectivity index is 1.90. The number of aromatic amines is 1. The SMILES string of the molecule is Cc1cccc2cc(C(=O)NCCN(C)C(=O)CS(N)(=O)=O)[nH]c12.